The predicted octanol–water partition coefficient (Wildman–Crippen LogP) is 4.20. The third-order valence-corrected chi connectivity index (χ3v) is 3.32. The zero-order valence-electron chi connectivity index (χ0n) is 11.6. The summed E-state index contributed by atoms with van der Waals surface area (Å²) >= 11 is 6.09. The van der Waals surface area contributed by atoms with E-state index >= 15 is 0 Å². The van der Waals surface area contributed by atoms with Crippen molar-refractivity contribution in [1.82, 2.24) is 5.32 Å². The molecular weight excluding hydrogens is 246 g/mol. The fourth-order valence-corrected chi connectivity index (χ4v) is 1.91. The van der Waals surface area contributed by atoms with Crippen LogP contribution in [0.4, 0.5) is 0 Å². The van der Waals surface area contributed by atoms with Crippen LogP contribution in [0.25, 0.3) is 0 Å². The SMILES string of the molecule is CCC(C)NCCCCOc1ccc(C)cc1Cl. The first-order valence-corrected chi connectivity index (χ1v) is 7.13. The van der Waals surface area contributed by atoms with Gasteiger partial charge in [0.05, 0.1) is 11.6 Å². The number of hydrogen-bond acceptors (Lipinski definition) is 2. The zero-order valence-corrected chi connectivity index (χ0v) is 12.4. The maximum Gasteiger partial charge on any atom is 0.137 e. The van der Waals surface area contributed by atoms with Crippen molar-refractivity contribution in [2.75, 3.05) is 13.2 Å². The van der Waals surface area contributed by atoms with Crippen LogP contribution in [0.5, 0.6) is 5.75 Å². The standard InChI is InChI=1S/C15H24ClNO/c1-4-13(3)17-9-5-6-10-18-15-8-7-12(2)11-14(15)16/h7-8,11,13,17H,4-6,9-10H2,1-3H3. The van der Waals surface area contributed by atoms with E-state index in [1.807, 2.05) is 25.1 Å². The van der Waals surface area contributed by atoms with Crippen LogP contribution >= 0.6 is 11.6 Å². The lowest BCUT2D eigenvalue weighted by Crippen LogP contribution is -2.26. The van der Waals surface area contributed by atoms with Gasteiger partial charge in [0.25, 0.3) is 0 Å². The van der Waals surface area contributed by atoms with Gasteiger partial charge < -0.3 is 10.1 Å². The summed E-state index contributed by atoms with van der Waals surface area (Å²) in [6.45, 7) is 8.21. The van der Waals surface area contributed by atoms with Crippen molar-refractivity contribution >= 4 is 11.6 Å². The molecule has 0 aliphatic heterocycles. The third kappa shape index (κ3) is 5.74. The fraction of sp³-hybridized carbons (Fsp3) is 0.600. The van der Waals surface area contributed by atoms with Crippen molar-refractivity contribution in [2.45, 2.75) is 46.1 Å². The average Bonchev–Trinajstić information content (AvgIpc) is 2.35. The van der Waals surface area contributed by atoms with Crippen LogP contribution in [0.2, 0.25) is 5.02 Å². The van der Waals surface area contributed by atoms with E-state index < -0.39 is 0 Å². The van der Waals surface area contributed by atoms with Crippen LogP contribution < -0.4 is 10.1 Å². The molecule has 18 heavy (non-hydrogen) atoms. The summed E-state index contributed by atoms with van der Waals surface area (Å²) < 4.78 is 5.67. The van der Waals surface area contributed by atoms with E-state index in [4.69, 9.17) is 16.3 Å². The second kappa shape index (κ2) is 8.39. The molecule has 0 aliphatic rings. The highest BCUT2D eigenvalue weighted by Gasteiger charge is 2.01. The van der Waals surface area contributed by atoms with Crippen LogP contribution in [0.1, 0.15) is 38.7 Å². The lowest BCUT2D eigenvalue weighted by molar-refractivity contribution is 0.304. The molecule has 0 fully saturated rings. The first-order chi connectivity index (χ1) is 8.63. The first kappa shape index (κ1) is 15.3. The largest absolute Gasteiger partial charge is 0.492 e. The molecule has 3 heteroatoms. The highest BCUT2D eigenvalue weighted by molar-refractivity contribution is 6.32. The van der Waals surface area contributed by atoms with Gasteiger partial charge in [0.15, 0.2) is 0 Å². The number of aryl methyl sites for hydroxylation is 1. The lowest BCUT2D eigenvalue weighted by atomic mass is 10.2. The van der Waals surface area contributed by atoms with Crippen molar-refractivity contribution in [1.29, 1.82) is 0 Å². The van der Waals surface area contributed by atoms with Gasteiger partial charge in [0.1, 0.15) is 5.75 Å². The summed E-state index contributed by atoms with van der Waals surface area (Å²) in [6, 6.07) is 6.50. The predicted molar refractivity (Wildman–Crippen MR) is 78.7 cm³/mol. The summed E-state index contributed by atoms with van der Waals surface area (Å²) in [7, 11) is 0. The molecule has 0 bridgehead atoms. The Balaban J connectivity index is 2.14. The molecule has 0 radical (unpaired) electrons. The van der Waals surface area contributed by atoms with Gasteiger partial charge >= 0.3 is 0 Å². The van der Waals surface area contributed by atoms with Gasteiger partial charge in [-0.15, -0.1) is 0 Å². The Labute approximate surface area is 116 Å². The van der Waals surface area contributed by atoms with Crippen LogP contribution in [-0.2, 0) is 0 Å². The average molecular weight is 270 g/mol. The van der Waals surface area contributed by atoms with E-state index in [1.165, 1.54) is 6.42 Å². The molecule has 0 heterocycles. The molecule has 0 amide bonds. The van der Waals surface area contributed by atoms with E-state index in [1.54, 1.807) is 0 Å². The first-order valence-electron chi connectivity index (χ1n) is 6.75. The van der Waals surface area contributed by atoms with Gasteiger partial charge in [0, 0.05) is 6.04 Å². The summed E-state index contributed by atoms with van der Waals surface area (Å²) in [5.74, 6) is 0.789. The number of nitrogens with one attached hydrogen (secondary N) is 1. The van der Waals surface area contributed by atoms with E-state index in [0.717, 1.165) is 37.3 Å². The Morgan fingerprint density at radius 3 is 2.78 bits per heavy atom. The van der Waals surface area contributed by atoms with E-state index in [9.17, 15) is 0 Å². The topological polar surface area (TPSA) is 21.3 Å². The highest BCUT2D eigenvalue weighted by Crippen LogP contribution is 2.25. The molecule has 1 unspecified atom stereocenters. The normalized spacial score (nSPS) is 12.4. The molecule has 1 aromatic carbocycles. The summed E-state index contributed by atoms with van der Waals surface area (Å²) in [5, 5.41) is 4.17. The maximum atomic E-state index is 6.09. The summed E-state index contributed by atoms with van der Waals surface area (Å²) in [5.41, 5.74) is 1.16. The molecule has 0 spiro atoms. The molecule has 0 aromatic heterocycles. The quantitative estimate of drug-likeness (QED) is 0.715. The van der Waals surface area contributed by atoms with Crippen molar-refractivity contribution in [3.8, 4) is 5.75 Å². The zero-order chi connectivity index (χ0) is 13.4. The van der Waals surface area contributed by atoms with E-state index in [0.29, 0.717) is 11.1 Å². The lowest BCUT2D eigenvalue weighted by Gasteiger charge is -2.11. The minimum atomic E-state index is 0.609. The van der Waals surface area contributed by atoms with Gasteiger partial charge in [-0.1, -0.05) is 24.6 Å². The van der Waals surface area contributed by atoms with Crippen molar-refractivity contribution in [3.05, 3.63) is 28.8 Å². The summed E-state index contributed by atoms with van der Waals surface area (Å²) in [4.78, 5) is 0. The Kier molecular flexibility index (Phi) is 7.14. The van der Waals surface area contributed by atoms with Crippen molar-refractivity contribution in [3.63, 3.8) is 0 Å². The number of benzene rings is 1. The highest BCUT2D eigenvalue weighted by atomic mass is 35.5. The molecule has 0 saturated carbocycles. The number of hydrogen-bond donors (Lipinski definition) is 1. The summed E-state index contributed by atoms with van der Waals surface area (Å²) in [6.07, 6.45) is 3.36. The minimum Gasteiger partial charge on any atom is -0.492 e. The minimum absolute atomic E-state index is 0.609. The number of unbranched alkanes of at least 4 members (excludes halogenated alkanes) is 1. The van der Waals surface area contributed by atoms with E-state index in [-0.39, 0.29) is 0 Å². The van der Waals surface area contributed by atoms with Crippen molar-refractivity contribution < 1.29 is 4.74 Å². The number of ether oxygens (including phenoxy) is 1. The third-order valence-electron chi connectivity index (χ3n) is 3.02. The molecule has 102 valence electrons. The van der Waals surface area contributed by atoms with Crippen LogP contribution in [-0.4, -0.2) is 19.2 Å². The Hall–Kier alpha value is -0.730. The van der Waals surface area contributed by atoms with Crippen LogP contribution in [0, 0.1) is 6.92 Å². The number of halogens is 1. The second-order valence-corrected chi connectivity index (χ2v) is 5.16. The van der Waals surface area contributed by atoms with Crippen molar-refractivity contribution in [2.24, 2.45) is 0 Å². The van der Waals surface area contributed by atoms with E-state index in [2.05, 4.69) is 19.2 Å². The van der Waals surface area contributed by atoms with Crippen LogP contribution in [0.15, 0.2) is 18.2 Å². The molecule has 1 N–H and O–H groups in total. The second-order valence-electron chi connectivity index (χ2n) is 4.75. The molecule has 1 aromatic rings. The molecule has 1 atom stereocenters. The van der Waals surface area contributed by atoms with Gasteiger partial charge in [-0.2, -0.15) is 0 Å². The monoisotopic (exact) mass is 269 g/mol. The Bertz CT molecular complexity index is 354. The van der Waals surface area contributed by atoms with Crippen LogP contribution in [0.3, 0.4) is 0 Å². The van der Waals surface area contributed by atoms with Gasteiger partial charge in [-0.05, 0) is 57.4 Å². The van der Waals surface area contributed by atoms with Gasteiger partial charge in [0.2, 0.25) is 0 Å². The van der Waals surface area contributed by atoms with Gasteiger partial charge in [-0.25, -0.2) is 0 Å². The molecule has 0 aliphatic carbocycles. The number of rotatable bonds is 8. The maximum absolute atomic E-state index is 6.09. The Morgan fingerprint density at radius 2 is 2.11 bits per heavy atom. The molecule has 0 saturated heterocycles. The Morgan fingerprint density at radius 1 is 1.33 bits per heavy atom. The molecule has 1 rings (SSSR count). The molecular formula is C15H24ClNO. The smallest absolute Gasteiger partial charge is 0.137 e. The molecule has 2 nitrogen and oxygen atoms in total. The fourth-order valence-electron chi connectivity index (χ4n) is 1.62. The van der Waals surface area contributed by atoms with Gasteiger partial charge in [-0.3, -0.25) is 0 Å².